The summed E-state index contributed by atoms with van der Waals surface area (Å²) in [6.45, 7) is 3.19. The Labute approximate surface area is 84.0 Å². The molecule has 3 nitrogen and oxygen atoms in total. The first-order valence-electron chi connectivity index (χ1n) is 4.84. The van der Waals surface area contributed by atoms with Crippen LogP contribution in [0.3, 0.4) is 0 Å². The van der Waals surface area contributed by atoms with Crippen molar-refractivity contribution in [3.8, 4) is 0 Å². The van der Waals surface area contributed by atoms with Gasteiger partial charge in [-0.2, -0.15) is 11.8 Å². The number of thioether (sulfide) groups is 1. The van der Waals surface area contributed by atoms with E-state index >= 15 is 0 Å². The van der Waals surface area contributed by atoms with Crippen molar-refractivity contribution < 1.29 is 4.79 Å². The van der Waals surface area contributed by atoms with Crippen molar-refractivity contribution >= 4 is 17.7 Å². The van der Waals surface area contributed by atoms with E-state index in [1.165, 1.54) is 24.3 Å². The first-order chi connectivity index (χ1) is 6.29. The molecule has 76 valence electrons. The minimum atomic E-state index is 0.0554. The summed E-state index contributed by atoms with van der Waals surface area (Å²) < 4.78 is 0. The molecule has 13 heavy (non-hydrogen) atoms. The van der Waals surface area contributed by atoms with Crippen LogP contribution in [-0.4, -0.2) is 36.5 Å². The van der Waals surface area contributed by atoms with Gasteiger partial charge in [0, 0.05) is 31.8 Å². The van der Waals surface area contributed by atoms with Crippen molar-refractivity contribution in [1.29, 1.82) is 0 Å². The molecule has 0 radical (unpaired) electrons. The van der Waals surface area contributed by atoms with Gasteiger partial charge in [0.25, 0.3) is 0 Å². The Morgan fingerprint density at radius 3 is 3.00 bits per heavy atom. The summed E-state index contributed by atoms with van der Waals surface area (Å²) in [5.74, 6) is 2.59. The lowest BCUT2D eigenvalue weighted by Gasteiger charge is -2.22. The number of hydrogen-bond acceptors (Lipinski definition) is 3. The molecule has 0 aromatic rings. The van der Waals surface area contributed by atoms with Gasteiger partial charge >= 0.3 is 0 Å². The fourth-order valence-electron chi connectivity index (χ4n) is 1.42. The Balaban J connectivity index is 1.95. The summed E-state index contributed by atoms with van der Waals surface area (Å²) in [5.41, 5.74) is 0. The van der Waals surface area contributed by atoms with E-state index in [2.05, 4.69) is 10.6 Å². The van der Waals surface area contributed by atoms with E-state index in [4.69, 9.17) is 0 Å². The summed E-state index contributed by atoms with van der Waals surface area (Å²) >= 11 is 2.02. The van der Waals surface area contributed by atoms with Crippen LogP contribution in [0.2, 0.25) is 0 Å². The topological polar surface area (TPSA) is 41.1 Å². The number of carbonyl (C=O) groups is 1. The number of carbonyl (C=O) groups excluding carboxylic acids is 1. The van der Waals surface area contributed by atoms with Crippen LogP contribution >= 0.6 is 11.8 Å². The Morgan fingerprint density at radius 1 is 1.54 bits per heavy atom. The first kappa shape index (κ1) is 10.9. The van der Waals surface area contributed by atoms with E-state index in [0.29, 0.717) is 6.04 Å². The second-order valence-electron chi connectivity index (χ2n) is 3.35. The molecule has 0 saturated carbocycles. The van der Waals surface area contributed by atoms with Crippen molar-refractivity contribution in [1.82, 2.24) is 10.6 Å². The molecule has 1 aliphatic heterocycles. The zero-order valence-electron chi connectivity index (χ0n) is 8.14. The van der Waals surface area contributed by atoms with Crippen LogP contribution in [0.5, 0.6) is 0 Å². The van der Waals surface area contributed by atoms with Gasteiger partial charge in [0.1, 0.15) is 0 Å². The van der Waals surface area contributed by atoms with Crippen LogP contribution in [0.4, 0.5) is 0 Å². The van der Waals surface area contributed by atoms with Gasteiger partial charge in [-0.05, 0) is 18.6 Å². The van der Waals surface area contributed by atoms with Crippen molar-refractivity contribution in [2.75, 3.05) is 24.6 Å². The van der Waals surface area contributed by atoms with E-state index in [-0.39, 0.29) is 5.91 Å². The summed E-state index contributed by atoms with van der Waals surface area (Å²) in [6, 6.07) is 0.660. The van der Waals surface area contributed by atoms with E-state index < -0.39 is 0 Å². The van der Waals surface area contributed by atoms with Gasteiger partial charge in [-0.3, -0.25) is 4.79 Å². The minimum Gasteiger partial charge on any atom is -0.355 e. The number of hydrogen-bond donors (Lipinski definition) is 2. The number of rotatable bonds is 4. The average Bonchev–Trinajstić information content (AvgIpc) is 2.14. The van der Waals surface area contributed by atoms with Crippen molar-refractivity contribution in [3.63, 3.8) is 0 Å². The third-order valence-electron chi connectivity index (χ3n) is 2.09. The quantitative estimate of drug-likeness (QED) is 0.656. The molecule has 4 heteroatoms. The van der Waals surface area contributed by atoms with Gasteiger partial charge in [0.2, 0.25) is 5.91 Å². The van der Waals surface area contributed by atoms with Crippen LogP contribution in [-0.2, 0) is 4.79 Å². The molecule has 1 unspecified atom stereocenters. The normalized spacial score (nSPS) is 22.7. The van der Waals surface area contributed by atoms with Crippen LogP contribution in [0.25, 0.3) is 0 Å². The molecule has 1 rings (SSSR count). The van der Waals surface area contributed by atoms with Crippen molar-refractivity contribution in [2.24, 2.45) is 0 Å². The third kappa shape index (κ3) is 5.16. The predicted molar refractivity (Wildman–Crippen MR) is 57.0 cm³/mol. The average molecular weight is 202 g/mol. The van der Waals surface area contributed by atoms with Crippen LogP contribution in [0, 0.1) is 0 Å². The molecule has 0 spiro atoms. The van der Waals surface area contributed by atoms with Crippen LogP contribution < -0.4 is 10.6 Å². The lowest BCUT2D eigenvalue weighted by atomic mass is 10.2. The molecule has 1 heterocycles. The molecule has 0 aromatic heterocycles. The minimum absolute atomic E-state index is 0.0554. The Bertz CT molecular complexity index is 158. The second-order valence-corrected chi connectivity index (χ2v) is 4.50. The zero-order valence-corrected chi connectivity index (χ0v) is 8.95. The fraction of sp³-hybridized carbons (Fsp3) is 0.889. The maximum absolute atomic E-state index is 10.6. The highest BCUT2D eigenvalue weighted by molar-refractivity contribution is 7.99. The molecule has 1 amide bonds. The van der Waals surface area contributed by atoms with Crippen molar-refractivity contribution in [3.05, 3.63) is 0 Å². The molecular formula is C9H18N2OS. The summed E-state index contributed by atoms with van der Waals surface area (Å²) in [4.78, 5) is 10.6. The summed E-state index contributed by atoms with van der Waals surface area (Å²) in [5, 5.41) is 6.22. The molecule has 1 atom stereocenters. The second kappa shape index (κ2) is 6.27. The van der Waals surface area contributed by atoms with Crippen LogP contribution in [0.1, 0.15) is 19.8 Å². The smallest absolute Gasteiger partial charge is 0.216 e. The van der Waals surface area contributed by atoms with Crippen molar-refractivity contribution in [2.45, 2.75) is 25.8 Å². The van der Waals surface area contributed by atoms with Gasteiger partial charge in [-0.1, -0.05) is 0 Å². The molecule has 1 fully saturated rings. The monoisotopic (exact) mass is 202 g/mol. The SMILES string of the molecule is CC(=O)NCCNC1CCCSC1. The maximum atomic E-state index is 10.6. The molecule has 0 aliphatic carbocycles. The first-order valence-corrected chi connectivity index (χ1v) is 6.00. The lowest BCUT2D eigenvalue weighted by molar-refractivity contribution is -0.118. The molecule has 1 saturated heterocycles. The Morgan fingerprint density at radius 2 is 2.38 bits per heavy atom. The Kier molecular flexibility index (Phi) is 5.23. The predicted octanol–water partition coefficient (Wildman–Crippen LogP) is 0.608. The molecule has 0 aromatic carbocycles. The highest BCUT2D eigenvalue weighted by atomic mass is 32.2. The van der Waals surface area contributed by atoms with Gasteiger partial charge < -0.3 is 10.6 Å². The standard InChI is InChI=1S/C9H18N2OS/c1-8(12)10-4-5-11-9-3-2-6-13-7-9/h9,11H,2-7H2,1H3,(H,10,12). The van der Waals surface area contributed by atoms with Gasteiger partial charge in [0.15, 0.2) is 0 Å². The highest BCUT2D eigenvalue weighted by Gasteiger charge is 2.11. The van der Waals surface area contributed by atoms with Crippen LogP contribution in [0.15, 0.2) is 0 Å². The third-order valence-corrected chi connectivity index (χ3v) is 3.31. The van der Waals surface area contributed by atoms with Gasteiger partial charge in [0.05, 0.1) is 0 Å². The molecular weight excluding hydrogens is 184 g/mol. The molecule has 1 aliphatic rings. The number of amides is 1. The number of nitrogens with one attached hydrogen (secondary N) is 2. The maximum Gasteiger partial charge on any atom is 0.216 e. The fourth-order valence-corrected chi connectivity index (χ4v) is 2.52. The molecule has 2 N–H and O–H groups in total. The van der Waals surface area contributed by atoms with E-state index in [1.54, 1.807) is 6.92 Å². The molecule has 0 bridgehead atoms. The van der Waals surface area contributed by atoms with Gasteiger partial charge in [-0.15, -0.1) is 0 Å². The zero-order chi connectivity index (χ0) is 9.52. The van der Waals surface area contributed by atoms with E-state index in [0.717, 1.165) is 13.1 Å². The van der Waals surface area contributed by atoms with E-state index in [9.17, 15) is 4.79 Å². The van der Waals surface area contributed by atoms with E-state index in [1.807, 2.05) is 11.8 Å². The van der Waals surface area contributed by atoms with Gasteiger partial charge in [-0.25, -0.2) is 0 Å². The highest BCUT2D eigenvalue weighted by Crippen LogP contribution is 2.16. The lowest BCUT2D eigenvalue weighted by Crippen LogP contribution is -2.39. The Hall–Kier alpha value is -0.220. The largest absolute Gasteiger partial charge is 0.355 e. The summed E-state index contributed by atoms with van der Waals surface area (Å²) in [7, 11) is 0. The summed E-state index contributed by atoms with van der Waals surface area (Å²) in [6.07, 6.45) is 2.61.